The lowest BCUT2D eigenvalue weighted by Crippen LogP contribution is -2.27. The number of hydrogen-bond donors (Lipinski definition) is 1. The summed E-state index contributed by atoms with van der Waals surface area (Å²) in [5.74, 6) is 4.84. The van der Waals surface area contributed by atoms with Crippen LogP contribution in [0.2, 0.25) is 0 Å². The molecule has 0 aromatic heterocycles. The summed E-state index contributed by atoms with van der Waals surface area (Å²) in [7, 11) is 0. The van der Waals surface area contributed by atoms with Gasteiger partial charge in [-0.1, -0.05) is 13.8 Å². The van der Waals surface area contributed by atoms with Gasteiger partial charge in [-0.25, -0.2) is 5.90 Å². The van der Waals surface area contributed by atoms with Crippen LogP contribution < -0.4 is 5.90 Å². The summed E-state index contributed by atoms with van der Waals surface area (Å²) < 4.78 is 0. The van der Waals surface area contributed by atoms with Crippen LogP contribution in [0.15, 0.2) is 0 Å². The molecule has 10 heavy (non-hydrogen) atoms. The second kappa shape index (κ2) is 12.2. The number of rotatable bonds is 4. The third-order valence-electron chi connectivity index (χ3n) is 1.15. The van der Waals surface area contributed by atoms with Crippen molar-refractivity contribution in [2.24, 2.45) is 5.90 Å². The monoisotopic (exact) mass is 190 g/mol. The molecule has 0 unspecified atom stereocenters. The summed E-state index contributed by atoms with van der Waals surface area (Å²) >= 11 is 0. The molecule has 0 aliphatic heterocycles. The lowest BCUT2D eigenvalue weighted by molar-refractivity contribution is 0.0340. The Morgan fingerprint density at radius 2 is 1.60 bits per heavy atom. The van der Waals surface area contributed by atoms with E-state index in [9.17, 15) is 0 Å². The first-order chi connectivity index (χ1) is 3.85. The van der Waals surface area contributed by atoms with Crippen LogP contribution in [0.4, 0.5) is 0 Å². The molecule has 0 aliphatic carbocycles. The van der Waals surface area contributed by atoms with Crippen LogP contribution in [0.3, 0.4) is 0 Å². The molecule has 0 bridgehead atoms. The normalized spacial score (nSPS) is 8.40. The summed E-state index contributed by atoms with van der Waals surface area (Å²) in [4.78, 5) is 6.50. The molecule has 0 rings (SSSR count). The number of nitrogens with two attached hydrogens (primary N) is 1. The Morgan fingerprint density at radius 1 is 1.20 bits per heavy atom. The number of hydrogen-bond acceptors (Lipinski definition) is 3. The van der Waals surface area contributed by atoms with E-state index in [1.54, 1.807) is 0 Å². The maximum absolute atomic E-state index is 4.84. The first kappa shape index (κ1) is 16.8. The quantitative estimate of drug-likeness (QED) is 0.532. The van der Waals surface area contributed by atoms with Crippen LogP contribution in [0.5, 0.6) is 0 Å². The molecular weight excluding hydrogens is 175 g/mol. The first-order valence-electron chi connectivity index (χ1n) is 2.89. The molecule has 0 aromatic rings. The van der Waals surface area contributed by atoms with Crippen LogP contribution in [0, 0.1) is 0 Å². The Bertz CT molecular complexity index is 52.9. The van der Waals surface area contributed by atoms with Gasteiger partial charge in [-0.15, -0.1) is 24.8 Å². The Balaban J connectivity index is -0.000000245. The standard InChI is InChI=1S/C5H14N2O.2ClH/c1-3-7(4-2)5-8-6;;/h3-6H2,1-2H3;2*1H. The molecule has 0 amide bonds. The van der Waals surface area contributed by atoms with E-state index in [1.165, 1.54) is 0 Å². The summed E-state index contributed by atoms with van der Waals surface area (Å²) in [5.41, 5.74) is 0. The van der Waals surface area contributed by atoms with E-state index in [-0.39, 0.29) is 24.8 Å². The van der Waals surface area contributed by atoms with Crippen molar-refractivity contribution in [1.29, 1.82) is 0 Å². The van der Waals surface area contributed by atoms with Gasteiger partial charge in [0.05, 0.1) is 0 Å². The molecule has 0 saturated carbocycles. The van der Waals surface area contributed by atoms with Crippen LogP contribution in [-0.4, -0.2) is 24.7 Å². The third-order valence-corrected chi connectivity index (χ3v) is 1.15. The minimum absolute atomic E-state index is 0. The summed E-state index contributed by atoms with van der Waals surface area (Å²) in [6, 6.07) is 0. The van der Waals surface area contributed by atoms with Crippen molar-refractivity contribution in [3.8, 4) is 0 Å². The fraction of sp³-hybridized carbons (Fsp3) is 1.00. The van der Waals surface area contributed by atoms with E-state index < -0.39 is 0 Å². The highest BCUT2D eigenvalue weighted by Gasteiger charge is 1.93. The molecule has 0 aliphatic rings. The molecule has 0 aromatic carbocycles. The molecule has 2 N–H and O–H groups in total. The molecule has 0 saturated heterocycles. The largest absolute Gasteiger partial charge is 0.289 e. The van der Waals surface area contributed by atoms with Crippen LogP contribution in [-0.2, 0) is 4.84 Å². The molecule has 0 radical (unpaired) electrons. The summed E-state index contributed by atoms with van der Waals surface area (Å²) in [5, 5.41) is 0. The highest BCUT2D eigenvalue weighted by molar-refractivity contribution is 5.85. The van der Waals surface area contributed by atoms with Gasteiger partial charge in [0.15, 0.2) is 0 Å². The van der Waals surface area contributed by atoms with Crippen molar-refractivity contribution in [2.75, 3.05) is 19.8 Å². The van der Waals surface area contributed by atoms with Gasteiger partial charge in [0.1, 0.15) is 6.73 Å². The van der Waals surface area contributed by atoms with E-state index in [0.717, 1.165) is 13.1 Å². The molecular formula is C5H16Cl2N2O. The maximum atomic E-state index is 4.84. The minimum Gasteiger partial charge on any atom is -0.289 e. The highest BCUT2D eigenvalue weighted by Crippen LogP contribution is 1.82. The van der Waals surface area contributed by atoms with Crippen molar-refractivity contribution in [3.05, 3.63) is 0 Å². The Labute approximate surface area is 74.7 Å². The topological polar surface area (TPSA) is 38.5 Å². The summed E-state index contributed by atoms with van der Waals surface area (Å²) in [6.07, 6.45) is 0. The van der Waals surface area contributed by atoms with Crippen LogP contribution >= 0.6 is 24.8 Å². The fourth-order valence-corrected chi connectivity index (χ4v) is 0.512. The SMILES string of the molecule is CCN(CC)CON.Cl.Cl. The molecule has 0 heterocycles. The molecule has 66 valence electrons. The smallest absolute Gasteiger partial charge is 0.121 e. The zero-order chi connectivity index (χ0) is 6.41. The van der Waals surface area contributed by atoms with Crippen molar-refractivity contribution < 1.29 is 4.84 Å². The molecule has 0 spiro atoms. The van der Waals surface area contributed by atoms with Gasteiger partial charge in [-0.3, -0.25) is 9.74 Å². The van der Waals surface area contributed by atoms with Gasteiger partial charge in [0.2, 0.25) is 0 Å². The zero-order valence-electron chi connectivity index (χ0n) is 6.37. The predicted molar refractivity (Wildman–Crippen MR) is 47.6 cm³/mol. The zero-order valence-corrected chi connectivity index (χ0v) is 8.00. The van der Waals surface area contributed by atoms with Gasteiger partial charge < -0.3 is 0 Å². The Hall–Kier alpha value is 0.460. The highest BCUT2D eigenvalue weighted by atomic mass is 35.5. The van der Waals surface area contributed by atoms with Crippen molar-refractivity contribution in [3.63, 3.8) is 0 Å². The molecule has 3 nitrogen and oxygen atoms in total. The minimum atomic E-state index is 0. The van der Waals surface area contributed by atoms with E-state index in [0.29, 0.717) is 6.73 Å². The number of halogens is 2. The van der Waals surface area contributed by atoms with Gasteiger partial charge in [-0.05, 0) is 13.1 Å². The first-order valence-corrected chi connectivity index (χ1v) is 2.89. The third kappa shape index (κ3) is 8.46. The van der Waals surface area contributed by atoms with Crippen LogP contribution in [0.1, 0.15) is 13.8 Å². The maximum Gasteiger partial charge on any atom is 0.121 e. The fourth-order valence-electron chi connectivity index (χ4n) is 0.512. The van der Waals surface area contributed by atoms with E-state index in [2.05, 4.69) is 23.6 Å². The lowest BCUT2D eigenvalue weighted by atomic mass is 10.6. The lowest BCUT2D eigenvalue weighted by Gasteiger charge is -2.14. The van der Waals surface area contributed by atoms with E-state index >= 15 is 0 Å². The molecule has 0 fully saturated rings. The van der Waals surface area contributed by atoms with Gasteiger partial charge in [-0.2, -0.15) is 0 Å². The van der Waals surface area contributed by atoms with E-state index in [4.69, 9.17) is 5.90 Å². The summed E-state index contributed by atoms with van der Waals surface area (Å²) in [6.45, 7) is 6.67. The Kier molecular flexibility index (Phi) is 20.5. The molecule has 5 heteroatoms. The van der Waals surface area contributed by atoms with Crippen molar-refractivity contribution in [1.82, 2.24) is 4.90 Å². The second-order valence-corrected chi connectivity index (χ2v) is 1.60. The van der Waals surface area contributed by atoms with E-state index in [1.807, 2.05) is 0 Å². The van der Waals surface area contributed by atoms with Crippen LogP contribution in [0.25, 0.3) is 0 Å². The predicted octanol–water partition coefficient (Wildman–Crippen LogP) is 1.02. The average Bonchev–Trinajstić information content (AvgIpc) is 1.83. The molecule has 0 atom stereocenters. The van der Waals surface area contributed by atoms with Gasteiger partial charge >= 0.3 is 0 Å². The Morgan fingerprint density at radius 3 is 1.70 bits per heavy atom. The van der Waals surface area contributed by atoms with Crippen molar-refractivity contribution in [2.45, 2.75) is 13.8 Å². The average molecular weight is 191 g/mol. The second-order valence-electron chi connectivity index (χ2n) is 1.60. The van der Waals surface area contributed by atoms with Gasteiger partial charge in [0.25, 0.3) is 0 Å². The van der Waals surface area contributed by atoms with Gasteiger partial charge in [0, 0.05) is 0 Å². The number of nitrogens with zero attached hydrogens (tertiary/aromatic N) is 1. The van der Waals surface area contributed by atoms with Crippen molar-refractivity contribution >= 4 is 24.8 Å².